The molecule has 71 heavy (non-hydrogen) atoms. The number of methoxy groups -OCH3 is 1. The lowest BCUT2D eigenvalue weighted by molar-refractivity contribution is -0.132. The van der Waals surface area contributed by atoms with Gasteiger partial charge in [-0.05, 0) is 181 Å². The molecule has 0 unspecified atom stereocenters. The number of likely N-dealkylation sites (N-methyl/N-ethyl adjacent to an activating group) is 1. The molecule has 3 heterocycles. The maximum absolute atomic E-state index is 16.4. The molecule has 1 aliphatic heterocycles. The van der Waals surface area contributed by atoms with E-state index in [1.54, 1.807) is 36.4 Å². The van der Waals surface area contributed by atoms with Gasteiger partial charge in [-0.2, -0.15) is 0 Å². The number of phenolic OH excluding ortho intramolecular Hbond substituents is 4. The number of benzene rings is 4. The number of pyridine rings is 1. The number of aliphatic hydroxyl groups excluding tert-OH is 1. The van der Waals surface area contributed by atoms with Crippen molar-refractivity contribution in [2.24, 2.45) is 23.7 Å². The van der Waals surface area contributed by atoms with Crippen molar-refractivity contribution in [3.63, 3.8) is 0 Å². The number of fused-ring (bicyclic) bond motifs is 3. The van der Waals surface area contributed by atoms with Gasteiger partial charge in [0.15, 0.2) is 23.0 Å². The number of allylic oxidation sites excluding steroid dienone is 1. The van der Waals surface area contributed by atoms with Crippen LogP contribution >= 0.6 is 0 Å². The Morgan fingerprint density at radius 2 is 1.86 bits per heavy atom. The van der Waals surface area contributed by atoms with E-state index in [1.807, 2.05) is 49.8 Å². The Labute approximate surface area is 415 Å². The average Bonchev–Trinajstić information content (AvgIpc) is 4.04. The third kappa shape index (κ3) is 9.24. The summed E-state index contributed by atoms with van der Waals surface area (Å²) in [5, 5.41) is 66.7. The van der Waals surface area contributed by atoms with Crippen molar-refractivity contribution in [2.75, 3.05) is 32.6 Å². The lowest BCUT2D eigenvalue weighted by atomic mass is 9.58. The van der Waals surface area contributed by atoms with Gasteiger partial charge in [0.05, 0.1) is 25.7 Å². The molecule has 12 nitrogen and oxygen atoms in total. The number of nitrogens with zero attached hydrogens (tertiary/aromatic N) is 1. The Morgan fingerprint density at radius 3 is 2.66 bits per heavy atom. The van der Waals surface area contributed by atoms with Crippen molar-refractivity contribution < 1.29 is 39.8 Å². The summed E-state index contributed by atoms with van der Waals surface area (Å²) in [6.45, 7) is 2.98. The quantitative estimate of drug-likeness (QED) is 0.0406. The lowest BCUT2D eigenvalue weighted by Gasteiger charge is -2.45. The molecule has 0 radical (unpaired) electrons. The summed E-state index contributed by atoms with van der Waals surface area (Å²) in [4.78, 5) is 24.8. The molecule has 1 saturated carbocycles. The van der Waals surface area contributed by atoms with Gasteiger partial charge in [-0.3, -0.25) is 4.79 Å². The highest BCUT2D eigenvalue weighted by Crippen LogP contribution is 2.57. The van der Waals surface area contributed by atoms with Gasteiger partial charge in [-0.25, -0.2) is 4.98 Å². The molecule has 1 fully saturated rings. The van der Waals surface area contributed by atoms with Crippen LogP contribution in [0, 0.1) is 23.7 Å². The van der Waals surface area contributed by atoms with Crippen molar-refractivity contribution >= 4 is 34.1 Å². The minimum atomic E-state index is -1.10. The number of carbonyl (C=O) groups is 1. The molecule has 4 aromatic carbocycles. The van der Waals surface area contributed by atoms with Crippen LogP contribution in [0.5, 0.6) is 34.5 Å². The number of rotatable bonds is 13. The maximum atomic E-state index is 16.4. The van der Waals surface area contributed by atoms with E-state index in [2.05, 4.69) is 59.0 Å². The summed E-state index contributed by atoms with van der Waals surface area (Å²) < 4.78 is 11.9. The first-order chi connectivity index (χ1) is 34.4. The smallest absolute Gasteiger partial charge is 0.200 e. The number of carbonyl (C=O) groups excluding carboxylic acids is 1. The Morgan fingerprint density at radius 1 is 0.986 bits per heavy atom. The molecule has 0 amide bonds. The summed E-state index contributed by atoms with van der Waals surface area (Å²) >= 11 is 0. The molecule has 370 valence electrons. The summed E-state index contributed by atoms with van der Waals surface area (Å²) in [5.41, 5.74) is 4.50. The topological polar surface area (TPSA) is 189 Å². The SMILES string of the molecule is CNC[C@@]12C=Cc3cc(O)cc4ccc(c1c34)Nc1cc(ccn1)[C@]1(CCC[C@@H]1Cc1ccc[nH]1)[C@@H]([C@H](O)CCc1ccc(O)c(OC)c1)C(=O)C[C@@H](c1cc(O)c(O)c(OC[C@H]3C=CC[C@H](C)C3)c1)C2. The van der Waals surface area contributed by atoms with E-state index < -0.39 is 28.8 Å². The zero-order valence-electron chi connectivity index (χ0n) is 40.8. The molecule has 8 atom stereocenters. The highest BCUT2D eigenvalue weighted by molar-refractivity contribution is 6.01. The van der Waals surface area contributed by atoms with Crippen LogP contribution in [0.4, 0.5) is 11.5 Å². The van der Waals surface area contributed by atoms with Crippen LogP contribution in [-0.4, -0.2) is 74.7 Å². The summed E-state index contributed by atoms with van der Waals surface area (Å²) in [6, 6.07) is 24.4. The zero-order chi connectivity index (χ0) is 49.4. The van der Waals surface area contributed by atoms with Gasteiger partial charge < -0.3 is 50.6 Å². The number of aromatic hydroxyl groups is 4. The zero-order valence-corrected chi connectivity index (χ0v) is 40.8. The summed E-state index contributed by atoms with van der Waals surface area (Å²) in [7, 11) is 3.42. The normalized spacial score (nSPS) is 25.3. The number of aromatic amines is 1. The molecule has 2 bridgehead atoms. The minimum Gasteiger partial charge on any atom is -0.508 e. The average molecular weight is 959 g/mol. The fraction of sp³-hybridized carbons (Fsp3) is 0.390. The van der Waals surface area contributed by atoms with Crippen LogP contribution in [0.1, 0.15) is 97.7 Å². The van der Waals surface area contributed by atoms with Gasteiger partial charge in [0, 0.05) is 53.5 Å². The predicted molar refractivity (Wildman–Crippen MR) is 277 cm³/mol. The third-order valence-electron chi connectivity index (χ3n) is 16.2. The first-order valence-corrected chi connectivity index (χ1v) is 25.3. The van der Waals surface area contributed by atoms with Crippen molar-refractivity contribution in [1.82, 2.24) is 15.3 Å². The summed E-state index contributed by atoms with van der Waals surface area (Å²) in [5.74, 6) is -0.412. The Kier molecular flexibility index (Phi) is 13.4. The molecule has 10 rings (SSSR count). The highest BCUT2D eigenvalue weighted by atomic mass is 16.5. The second-order valence-corrected chi connectivity index (χ2v) is 20.8. The van der Waals surface area contributed by atoms with E-state index in [1.165, 1.54) is 7.11 Å². The third-order valence-corrected chi connectivity index (χ3v) is 16.2. The number of anilines is 2. The molecule has 1 spiro atoms. The van der Waals surface area contributed by atoms with Gasteiger partial charge in [0.25, 0.3) is 0 Å². The number of Topliss-reactive ketones (excluding diaryl/α,β-unsaturated/α-hetero) is 1. The van der Waals surface area contributed by atoms with E-state index >= 15 is 4.79 Å². The molecule has 8 N–H and O–H groups in total. The van der Waals surface area contributed by atoms with Crippen molar-refractivity contribution in [1.29, 1.82) is 0 Å². The molecular weight excluding hydrogens is 893 g/mol. The first kappa shape index (κ1) is 47.9. The number of aromatic nitrogens is 2. The number of nitrogens with one attached hydrogen (secondary N) is 3. The van der Waals surface area contributed by atoms with E-state index in [0.29, 0.717) is 61.9 Å². The van der Waals surface area contributed by atoms with Gasteiger partial charge in [0.2, 0.25) is 5.75 Å². The van der Waals surface area contributed by atoms with Gasteiger partial charge in [0.1, 0.15) is 17.4 Å². The van der Waals surface area contributed by atoms with Crippen LogP contribution in [0.2, 0.25) is 0 Å². The molecule has 3 aliphatic carbocycles. The number of aryl methyl sites for hydroxylation is 1. The number of ketones is 1. The summed E-state index contributed by atoms with van der Waals surface area (Å²) in [6.07, 6.45) is 17.2. The number of aliphatic hydroxyl groups is 1. The van der Waals surface area contributed by atoms with Gasteiger partial charge >= 0.3 is 0 Å². The fourth-order valence-corrected chi connectivity index (χ4v) is 13.1. The van der Waals surface area contributed by atoms with Gasteiger partial charge in [-0.15, -0.1) is 0 Å². The molecule has 12 heteroatoms. The van der Waals surface area contributed by atoms with Crippen LogP contribution in [0.3, 0.4) is 0 Å². The molecule has 6 aromatic rings. The second-order valence-electron chi connectivity index (χ2n) is 20.8. The first-order valence-electron chi connectivity index (χ1n) is 25.3. The maximum Gasteiger partial charge on any atom is 0.200 e. The standard InChI is InChI=1S/C59H66N4O8/c1-35-7-4-8-37(23-35)33-71-52-29-40(27-50(68)57(52)69)41-28-49(67)56(48(66)16-12-36-11-15-47(65)51(24-36)70-3)59(19-5-9-42(59)30-44-10-6-21-61-44)43-18-22-62-53(31-43)63-46-14-13-38-25-45(64)26-39-17-20-58(32-41,34-60-2)55(46)54(38)39/h4,6,8,10-11,13-15,17-18,20-22,24-27,29,31,35,37,41-42,48,56,60-61,64-66,68-69H,5,7,9,12,16,19,23,28,30,32-34H2,1-3H3,(H,62,63)/t35-,37-,41+,42+,48+,56-,58-,59+/m0/s1. The number of hydrogen-bond donors (Lipinski definition) is 8. The molecule has 2 aromatic heterocycles. The Bertz CT molecular complexity index is 2990. The number of phenols is 4. The van der Waals surface area contributed by atoms with Crippen LogP contribution in [0.25, 0.3) is 16.8 Å². The van der Waals surface area contributed by atoms with E-state index in [0.717, 1.165) is 70.1 Å². The van der Waals surface area contributed by atoms with Crippen molar-refractivity contribution in [2.45, 2.75) is 94.0 Å². The number of H-pyrrole nitrogens is 1. The minimum absolute atomic E-state index is 0.00329. The second kappa shape index (κ2) is 19.8. The van der Waals surface area contributed by atoms with Gasteiger partial charge in [-0.1, -0.05) is 49.8 Å². The van der Waals surface area contributed by atoms with Crippen LogP contribution < -0.4 is 20.1 Å². The van der Waals surface area contributed by atoms with E-state index in [9.17, 15) is 25.5 Å². The van der Waals surface area contributed by atoms with E-state index in [4.69, 9.17) is 14.5 Å². The number of hydrogen-bond acceptors (Lipinski definition) is 11. The highest BCUT2D eigenvalue weighted by Gasteiger charge is 2.55. The largest absolute Gasteiger partial charge is 0.508 e. The van der Waals surface area contributed by atoms with Crippen molar-refractivity contribution in [3.8, 4) is 34.5 Å². The molecule has 4 aliphatic rings. The molecule has 0 saturated heterocycles. The van der Waals surface area contributed by atoms with Crippen molar-refractivity contribution in [3.05, 3.63) is 143 Å². The Hall–Kier alpha value is -6.76. The lowest BCUT2D eigenvalue weighted by Crippen LogP contribution is -2.50. The number of ether oxygens (including phenoxy) is 2. The Balaban J connectivity index is 1.17. The van der Waals surface area contributed by atoms with E-state index in [-0.39, 0.29) is 59.2 Å². The fourth-order valence-electron chi connectivity index (χ4n) is 13.1. The van der Waals surface area contributed by atoms with Crippen LogP contribution in [0.15, 0.2) is 109 Å². The monoisotopic (exact) mass is 958 g/mol. The molecular formula is C59H66N4O8. The predicted octanol–water partition coefficient (Wildman–Crippen LogP) is 10.6. The van der Waals surface area contributed by atoms with Crippen LogP contribution in [-0.2, 0) is 28.5 Å².